The van der Waals surface area contributed by atoms with E-state index in [9.17, 15) is 4.79 Å². The SMILES string of the molecule is CC1(c2nc3c(s2)CC2(CCNCC2)CC3=O)CCCC1. The number of nitrogens with one attached hydrogen (secondary N) is 1. The molecule has 4 rings (SSSR count). The van der Waals surface area contributed by atoms with E-state index in [4.69, 9.17) is 4.98 Å². The van der Waals surface area contributed by atoms with E-state index in [1.165, 1.54) is 35.6 Å². The molecule has 1 aromatic rings. The molecule has 1 N–H and O–H groups in total. The number of nitrogens with zero attached hydrogens (tertiary/aromatic N) is 1. The summed E-state index contributed by atoms with van der Waals surface area (Å²) in [5.41, 5.74) is 1.30. The fourth-order valence-electron chi connectivity index (χ4n) is 4.45. The van der Waals surface area contributed by atoms with Gasteiger partial charge in [-0.3, -0.25) is 4.79 Å². The molecule has 3 nitrogen and oxygen atoms in total. The van der Waals surface area contributed by atoms with E-state index < -0.39 is 0 Å². The van der Waals surface area contributed by atoms with Gasteiger partial charge in [0.25, 0.3) is 0 Å². The number of carbonyl (C=O) groups excluding carboxylic acids is 1. The number of aromatic nitrogens is 1. The normalized spacial score (nSPS) is 27.0. The second-order valence-electron chi connectivity index (χ2n) is 7.59. The molecule has 2 fully saturated rings. The third-order valence-corrected chi connectivity index (χ3v) is 7.28. The Labute approximate surface area is 130 Å². The zero-order valence-corrected chi connectivity index (χ0v) is 13.7. The van der Waals surface area contributed by atoms with Crippen LogP contribution in [0.1, 0.15) is 72.2 Å². The van der Waals surface area contributed by atoms with Gasteiger partial charge in [0.15, 0.2) is 5.78 Å². The van der Waals surface area contributed by atoms with Gasteiger partial charge < -0.3 is 5.32 Å². The Balaban J connectivity index is 1.67. The largest absolute Gasteiger partial charge is 0.317 e. The highest BCUT2D eigenvalue weighted by Crippen LogP contribution is 2.48. The van der Waals surface area contributed by atoms with Crippen molar-refractivity contribution in [2.75, 3.05) is 13.1 Å². The zero-order chi connectivity index (χ0) is 14.5. The summed E-state index contributed by atoms with van der Waals surface area (Å²) in [7, 11) is 0. The van der Waals surface area contributed by atoms with E-state index in [2.05, 4.69) is 12.2 Å². The molecular weight excluding hydrogens is 280 g/mol. The number of piperidine rings is 1. The topological polar surface area (TPSA) is 42.0 Å². The van der Waals surface area contributed by atoms with E-state index in [0.717, 1.165) is 44.5 Å². The van der Waals surface area contributed by atoms with Crippen molar-refractivity contribution in [2.24, 2.45) is 5.41 Å². The van der Waals surface area contributed by atoms with Crippen molar-refractivity contribution in [1.29, 1.82) is 0 Å². The third-order valence-electron chi connectivity index (χ3n) is 5.92. The lowest BCUT2D eigenvalue weighted by Gasteiger charge is -2.39. The molecule has 21 heavy (non-hydrogen) atoms. The van der Waals surface area contributed by atoms with Crippen molar-refractivity contribution >= 4 is 17.1 Å². The van der Waals surface area contributed by atoms with E-state index >= 15 is 0 Å². The second kappa shape index (κ2) is 4.88. The first-order valence-corrected chi connectivity index (χ1v) is 9.16. The number of rotatable bonds is 1. The van der Waals surface area contributed by atoms with E-state index in [0.29, 0.717) is 5.78 Å². The predicted octanol–water partition coefficient (Wildman–Crippen LogP) is 3.47. The Morgan fingerprint density at radius 3 is 2.52 bits per heavy atom. The van der Waals surface area contributed by atoms with Crippen LogP contribution in [0.25, 0.3) is 0 Å². The summed E-state index contributed by atoms with van der Waals surface area (Å²) in [6.07, 6.45) is 9.19. The number of carbonyl (C=O) groups is 1. The minimum atomic E-state index is 0.232. The van der Waals surface area contributed by atoms with Gasteiger partial charge in [0.05, 0.1) is 5.01 Å². The number of ketones is 1. The molecule has 0 amide bonds. The molecule has 4 heteroatoms. The predicted molar refractivity (Wildman–Crippen MR) is 85.1 cm³/mol. The maximum Gasteiger partial charge on any atom is 0.182 e. The number of hydrogen-bond donors (Lipinski definition) is 1. The molecule has 0 aromatic carbocycles. The summed E-state index contributed by atoms with van der Waals surface area (Å²) in [5, 5.41) is 4.67. The van der Waals surface area contributed by atoms with Gasteiger partial charge in [0, 0.05) is 16.7 Å². The van der Waals surface area contributed by atoms with Gasteiger partial charge in [-0.05, 0) is 50.6 Å². The van der Waals surface area contributed by atoms with Crippen LogP contribution in [0.4, 0.5) is 0 Å². The molecule has 114 valence electrons. The highest BCUT2D eigenvalue weighted by Gasteiger charge is 2.43. The van der Waals surface area contributed by atoms with Crippen molar-refractivity contribution in [1.82, 2.24) is 10.3 Å². The summed E-state index contributed by atoms with van der Waals surface area (Å²) < 4.78 is 0. The second-order valence-corrected chi connectivity index (χ2v) is 8.67. The van der Waals surface area contributed by atoms with Crippen LogP contribution in [0.5, 0.6) is 0 Å². The molecule has 1 aliphatic heterocycles. The monoisotopic (exact) mass is 304 g/mol. The van der Waals surface area contributed by atoms with E-state index in [-0.39, 0.29) is 10.8 Å². The van der Waals surface area contributed by atoms with Gasteiger partial charge in [-0.2, -0.15) is 0 Å². The number of thiazole rings is 1. The number of fused-ring (bicyclic) bond motifs is 1. The minimum absolute atomic E-state index is 0.232. The number of hydrogen-bond acceptors (Lipinski definition) is 4. The molecule has 1 spiro atoms. The van der Waals surface area contributed by atoms with Crippen LogP contribution in [0.15, 0.2) is 0 Å². The molecule has 3 aliphatic rings. The summed E-state index contributed by atoms with van der Waals surface area (Å²) in [6, 6.07) is 0. The van der Waals surface area contributed by atoms with Crippen molar-refractivity contribution in [3.8, 4) is 0 Å². The molecule has 0 radical (unpaired) electrons. The Hall–Kier alpha value is -0.740. The average molecular weight is 304 g/mol. The molecule has 2 aliphatic carbocycles. The van der Waals surface area contributed by atoms with Crippen LogP contribution < -0.4 is 5.32 Å². The number of Topliss-reactive ketones (excluding diaryl/α,β-unsaturated/α-hetero) is 1. The van der Waals surface area contributed by atoms with Crippen LogP contribution >= 0.6 is 11.3 Å². The third kappa shape index (κ3) is 2.27. The Kier molecular flexibility index (Phi) is 3.23. The summed E-state index contributed by atoms with van der Waals surface area (Å²) in [4.78, 5) is 18.7. The highest BCUT2D eigenvalue weighted by molar-refractivity contribution is 7.12. The van der Waals surface area contributed by atoms with Gasteiger partial charge in [0.2, 0.25) is 0 Å². The molecule has 1 aromatic heterocycles. The smallest absolute Gasteiger partial charge is 0.182 e. The van der Waals surface area contributed by atoms with Gasteiger partial charge in [-0.1, -0.05) is 19.8 Å². The van der Waals surface area contributed by atoms with Crippen molar-refractivity contribution < 1.29 is 4.79 Å². The standard InChI is InChI=1S/C17H24N2OS/c1-16(4-2-3-5-16)15-19-14-12(20)10-17(11-13(14)21-15)6-8-18-9-7-17/h18H,2-11H2,1H3. The summed E-state index contributed by atoms with van der Waals surface area (Å²) in [6.45, 7) is 4.47. The minimum Gasteiger partial charge on any atom is -0.317 e. The van der Waals surface area contributed by atoms with Crippen molar-refractivity contribution in [3.63, 3.8) is 0 Å². The van der Waals surface area contributed by atoms with E-state index in [1.807, 2.05) is 11.3 Å². The molecule has 2 heterocycles. The molecule has 0 bridgehead atoms. The van der Waals surface area contributed by atoms with Gasteiger partial charge >= 0.3 is 0 Å². The maximum atomic E-state index is 12.6. The van der Waals surface area contributed by atoms with Crippen molar-refractivity contribution in [3.05, 3.63) is 15.6 Å². The molecule has 0 atom stereocenters. The first-order chi connectivity index (χ1) is 10.1. The lowest BCUT2D eigenvalue weighted by atomic mass is 9.69. The lowest BCUT2D eigenvalue weighted by molar-refractivity contribution is 0.0833. The Morgan fingerprint density at radius 1 is 1.10 bits per heavy atom. The summed E-state index contributed by atoms with van der Waals surface area (Å²) in [5.74, 6) is 0.308. The fourth-order valence-corrected chi connectivity index (χ4v) is 5.91. The van der Waals surface area contributed by atoms with E-state index in [1.54, 1.807) is 0 Å². The molecule has 1 saturated heterocycles. The van der Waals surface area contributed by atoms with Crippen LogP contribution in [0, 0.1) is 5.41 Å². The zero-order valence-electron chi connectivity index (χ0n) is 12.8. The van der Waals surface area contributed by atoms with Crippen LogP contribution in [-0.2, 0) is 11.8 Å². The Morgan fingerprint density at radius 2 is 1.81 bits per heavy atom. The van der Waals surface area contributed by atoms with Crippen LogP contribution in [-0.4, -0.2) is 23.9 Å². The first-order valence-electron chi connectivity index (χ1n) is 8.35. The molecule has 1 saturated carbocycles. The fraction of sp³-hybridized carbons (Fsp3) is 0.765. The highest BCUT2D eigenvalue weighted by atomic mass is 32.1. The molecular formula is C17H24N2OS. The van der Waals surface area contributed by atoms with Gasteiger partial charge in [-0.15, -0.1) is 11.3 Å². The Bertz CT molecular complexity index is 565. The van der Waals surface area contributed by atoms with Gasteiger partial charge in [0.1, 0.15) is 5.69 Å². The van der Waals surface area contributed by atoms with Crippen LogP contribution in [0.3, 0.4) is 0 Å². The maximum absolute atomic E-state index is 12.6. The first kappa shape index (κ1) is 13.9. The van der Waals surface area contributed by atoms with Crippen molar-refractivity contribution in [2.45, 2.75) is 63.7 Å². The van der Waals surface area contributed by atoms with Crippen LogP contribution in [0.2, 0.25) is 0 Å². The molecule has 0 unspecified atom stereocenters. The quantitative estimate of drug-likeness (QED) is 0.864. The lowest BCUT2D eigenvalue weighted by Crippen LogP contribution is -2.41. The summed E-state index contributed by atoms with van der Waals surface area (Å²) >= 11 is 1.85. The van der Waals surface area contributed by atoms with Gasteiger partial charge in [-0.25, -0.2) is 4.98 Å². The average Bonchev–Trinajstić information content (AvgIpc) is 3.07.